The Morgan fingerprint density at radius 3 is 2.85 bits per heavy atom. The zero-order valence-corrected chi connectivity index (χ0v) is 11.5. The van der Waals surface area contributed by atoms with E-state index in [9.17, 15) is 4.79 Å². The quantitative estimate of drug-likeness (QED) is 0.864. The Hall–Kier alpha value is -2.31. The number of aliphatic hydroxyl groups is 1. The van der Waals surface area contributed by atoms with Gasteiger partial charge in [0.1, 0.15) is 0 Å². The first-order valence-electron chi connectivity index (χ1n) is 6.55. The zero-order chi connectivity index (χ0) is 14.4. The number of hydrogen-bond donors (Lipinski definition) is 1. The number of rotatable bonds is 3. The van der Waals surface area contributed by atoms with Gasteiger partial charge in [0.15, 0.2) is 0 Å². The van der Waals surface area contributed by atoms with Crippen LogP contribution in [0.2, 0.25) is 0 Å². The molecular weight excluding hydrogens is 250 g/mol. The summed E-state index contributed by atoms with van der Waals surface area (Å²) >= 11 is 0. The molecule has 0 radical (unpaired) electrons. The van der Waals surface area contributed by atoms with Crippen molar-refractivity contribution in [1.29, 1.82) is 0 Å². The lowest BCUT2D eigenvalue weighted by molar-refractivity contribution is 0.305. The Morgan fingerprint density at radius 2 is 2.10 bits per heavy atom. The van der Waals surface area contributed by atoms with Gasteiger partial charge in [0.2, 0.25) is 0 Å². The van der Waals surface area contributed by atoms with E-state index in [-0.39, 0.29) is 12.2 Å². The molecule has 0 aliphatic carbocycles. The first-order chi connectivity index (χ1) is 9.69. The van der Waals surface area contributed by atoms with Crippen LogP contribution >= 0.6 is 0 Å². The van der Waals surface area contributed by atoms with Gasteiger partial charge in [-0.2, -0.15) is 0 Å². The van der Waals surface area contributed by atoms with Gasteiger partial charge in [-0.3, -0.25) is 4.79 Å². The molecule has 3 nitrogen and oxygen atoms in total. The monoisotopic (exact) mass is 267 g/mol. The van der Waals surface area contributed by atoms with Crippen LogP contribution in [0.3, 0.4) is 0 Å². The van der Waals surface area contributed by atoms with Crippen molar-refractivity contribution in [2.45, 2.75) is 19.9 Å². The molecule has 0 aliphatic heterocycles. The van der Waals surface area contributed by atoms with Gasteiger partial charge < -0.3 is 9.67 Å². The molecule has 0 saturated carbocycles. The average Bonchev–Trinajstić information content (AvgIpc) is 2.43. The Bertz CT molecular complexity index is 705. The molecule has 1 N–H and O–H groups in total. The molecule has 0 aliphatic rings. The molecule has 0 fully saturated rings. The Morgan fingerprint density at radius 1 is 1.25 bits per heavy atom. The molecule has 102 valence electrons. The molecule has 0 bridgehead atoms. The van der Waals surface area contributed by atoms with Crippen molar-refractivity contribution in [3.05, 3.63) is 69.6 Å². The zero-order valence-electron chi connectivity index (χ0n) is 11.5. The van der Waals surface area contributed by atoms with Crippen molar-refractivity contribution < 1.29 is 5.11 Å². The van der Waals surface area contributed by atoms with Crippen LogP contribution in [0, 0.1) is 18.8 Å². The van der Waals surface area contributed by atoms with Crippen molar-refractivity contribution in [3.8, 4) is 11.8 Å². The van der Waals surface area contributed by atoms with Crippen LogP contribution < -0.4 is 5.56 Å². The van der Waals surface area contributed by atoms with Gasteiger partial charge in [-0.05, 0) is 36.2 Å². The summed E-state index contributed by atoms with van der Waals surface area (Å²) in [6.07, 6.45) is 2.28. The highest BCUT2D eigenvalue weighted by Gasteiger charge is 1.99. The SMILES string of the molecule is Cc1ccn(Cc2cccc(C#CCCO)c2)c(=O)c1. The van der Waals surface area contributed by atoms with E-state index in [0.717, 1.165) is 16.7 Å². The van der Waals surface area contributed by atoms with Gasteiger partial charge in [0.25, 0.3) is 5.56 Å². The van der Waals surface area contributed by atoms with Gasteiger partial charge in [0, 0.05) is 24.2 Å². The van der Waals surface area contributed by atoms with Crippen molar-refractivity contribution in [2.24, 2.45) is 0 Å². The summed E-state index contributed by atoms with van der Waals surface area (Å²) in [5.41, 5.74) is 2.90. The number of pyridine rings is 1. The molecular formula is C17H17NO2. The van der Waals surface area contributed by atoms with Gasteiger partial charge in [-0.1, -0.05) is 24.0 Å². The summed E-state index contributed by atoms with van der Waals surface area (Å²) in [5, 5.41) is 8.71. The maximum Gasteiger partial charge on any atom is 0.251 e. The summed E-state index contributed by atoms with van der Waals surface area (Å²) < 4.78 is 1.67. The van der Waals surface area contributed by atoms with Gasteiger partial charge in [-0.15, -0.1) is 0 Å². The molecule has 0 saturated heterocycles. The van der Waals surface area contributed by atoms with Crippen molar-refractivity contribution >= 4 is 0 Å². The summed E-state index contributed by atoms with van der Waals surface area (Å²) in [4.78, 5) is 11.8. The molecule has 1 heterocycles. The lowest BCUT2D eigenvalue weighted by atomic mass is 10.1. The molecule has 20 heavy (non-hydrogen) atoms. The summed E-state index contributed by atoms with van der Waals surface area (Å²) in [6.45, 7) is 2.52. The van der Waals surface area contributed by atoms with Crippen molar-refractivity contribution in [1.82, 2.24) is 4.57 Å². The number of aliphatic hydroxyl groups excluding tert-OH is 1. The minimum absolute atomic E-state index is 0.00164. The summed E-state index contributed by atoms with van der Waals surface area (Å²) in [5.74, 6) is 5.89. The van der Waals surface area contributed by atoms with Crippen LogP contribution in [0.4, 0.5) is 0 Å². The van der Waals surface area contributed by atoms with Crippen LogP contribution in [-0.2, 0) is 6.54 Å². The Balaban J connectivity index is 2.20. The van der Waals surface area contributed by atoms with E-state index in [4.69, 9.17) is 5.11 Å². The number of nitrogens with zero attached hydrogens (tertiary/aromatic N) is 1. The standard InChI is InChI=1S/C17H17NO2/c1-14-8-9-18(17(20)11-14)13-16-7-4-6-15(12-16)5-2-3-10-19/h4,6-9,11-12,19H,3,10,13H2,1H3. The molecule has 3 heteroatoms. The fraction of sp³-hybridized carbons (Fsp3) is 0.235. The second-order valence-electron chi connectivity index (χ2n) is 4.65. The highest BCUT2D eigenvalue weighted by molar-refractivity contribution is 5.37. The molecule has 2 rings (SSSR count). The van der Waals surface area contributed by atoms with E-state index in [1.807, 2.05) is 43.5 Å². The highest BCUT2D eigenvalue weighted by atomic mass is 16.2. The fourth-order valence-corrected chi connectivity index (χ4v) is 1.90. The van der Waals surface area contributed by atoms with Gasteiger partial charge in [-0.25, -0.2) is 0 Å². The topological polar surface area (TPSA) is 42.2 Å². The molecule has 0 amide bonds. The van der Waals surface area contributed by atoms with E-state index in [0.29, 0.717) is 13.0 Å². The predicted octanol–water partition coefficient (Wildman–Crippen LogP) is 1.94. The minimum Gasteiger partial charge on any atom is -0.395 e. The van der Waals surface area contributed by atoms with Crippen LogP contribution in [0.15, 0.2) is 47.4 Å². The minimum atomic E-state index is 0.00164. The first-order valence-corrected chi connectivity index (χ1v) is 6.55. The van der Waals surface area contributed by atoms with E-state index in [1.54, 1.807) is 10.6 Å². The van der Waals surface area contributed by atoms with Crippen LogP contribution in [0.1, 0.15) is 23.1 Å². The third-order valence-corrected chi connectivity index (χ3v) is 2.90. The number of aryl methyl sites for hydroxylation is 1. The third kappa shape index (κ3) is 3.84. The Labute approximate surface area is 118 Å². The summed E-state index contributed by atoms with van der Waals surface area (Å²) in [6, 6.07) is 11.3. The smallest absolute Gasteiger partial charge is 0.251 e. The Kier molecular flexibility index (Phi) is 4.75. The van der Waals surface area contributed by atoms with E-state index >= 15 is 0 Å². The van der Waals surface area contributed by atoms with Crippen molar-refractivity contribution in [3.63, 3.8) is 0 Å². The normalized spacial score (nSPS) is 9.90. The van der Waals surface area contributed by atoms with E-state index < -0.39 is 0 Å². The molecule has 1 aromatic carbocycles. The average molecular weight is 267 g/mol. The highest BCUT2D eigenvalue weighted by Crippen LogP contribution is 2.06. The lowest BCUT2D eigenvalue weighted by Crippen LogP contribution is -2.19. The molecule has 0 spiro atoms. The number of benzene rings is 1. The van der Waals surface area contributed by atoms with E-state index in [2.05, 4.69) is 11.8 Å². The van der Waals surface area contributed by atoms with Crippen LogP contribution in [0.25, 0.3) is 0 Å². The van der Waals surface area contributed by atoms with E-state index in [1.165, 1.54) is 0 Å². The number of hydrogen-bond acceptors (Lipinski definition) is 2. The predicted molar refractivity (Wildman–Crippen MR) is 79.6 cm³/mol. The molecule has 0 unspecified atom stereocenters. The lowest BCUT2D eigenvalue weighted by Gasteiger charge is -2.06. The molecule has 2 aromatic rings. The van der Waals surface area contributed by atoms with Gasteiger partial charge >= 0.3 is 0 Å². The fourth-order valence-electron chi connectivity index (χ4n) is 1.90. The molecule has 0 atom stereocenters. The third-order valence-electron chi connectivity index (χ3n) is 2.90. The van der Waals surface area contributed by atoms with Gasteiger partial charge in [0.05, 0.1) is 13.2 Å². The maximum absolute atomic E-state index is 11.8. The van der Waals surface area contributed by atoms with Crippen LogP contribution in [-0.4, -0.2) is 16.3 Å². The largest absolute Gasteiger partial charge is 0.395 e. The number of aromatic nitrogens is 1. The molecule has 1 aromatic heterocycles. The summed E-state index contributed by atoms with van der Waals surface area (Å²) in [7, 11) is 0. The van der Waals surface area contributed by atoms with Crippen molar-refractivity contribution in [2.75, 3.05) is 6.61 Å². The second kappa shape index (κ2) is 6.74. The van der Waals surface area contributed by atoms with Crippen LogP contribution in [0.5, 0.6) is 0 Å². The second-order valence-corrected chi connectivity index (χ2v) is 4.65. The first kappa shape index (κ1) is 14.1. The maximum atomic E-state index is 11.8.